The van der Waals surface area contributed by atoms with Crippen LogP contribution < -0.4 is 0 Å². The second-order valence-electron chi connectivity index (χ2n) is 8.26. The number of carbonyl (C=O) groups is 1. The van der Waals surface area contributed by atoms with Crippen LogP contribution >= 0.6 is 0 Å². The number of sulfone groups is 1. The first kappa shape index (κ1) is 20.6. The number of fused-ring (bicyclic) bond motifs is 1. The molecule has 0 saturated carbocycles. The van der Waals surface area contributed by atoms with Crippen LogP contribution in [0.25, 0.3) is 10.8 Å². The zero-order valence-electron chi connectivity index (χ0n) is 17.6. The third-order valence-corrected chi connectivity index (χ3v) is 7.77. The van der Waals surface area contributed by atoms with Crippen molar-refractivity contribution in [3.8, 4) is 0 Å². The van der Waals surface area contributed by atoms with Gasteiger partial charge in [0.1, 0.15) is 0 Å². The number of hydrogen-bond donors (Lipinski definition) is 0. The van der Waals surface area contributed by atoms with Crippen molar-refractivity contribution in [2.45, 2.75) is 39.3 Å². The highest BCUT2D eigenvalue weighted by molar-refractivity contribution is 7.91. The molecule has 1 saturated heterocycles. The molecule has 1 fully saturated rings. The van der Waals surface area contributed by atoms with Crippen LogP contribution in [0.15, 0.2) is 42.5 Å². The van der Waals surface area contributed by atoms with Gasteiger partial charge in [-0.25, -0.2) is 8.42 Å². The van der Waals surface area contributed by atoms with E-state index in [-0.39, 0.29) is 23.5 Å². The molecule has 2 heterocycles. The Labute approximate surface area is 177 Å². The van der Waals surface area contributed by atoms with Gasteiger partial charge in [0.25, 0.3) is 0 Å². The van der Waals surface area contributed by atoms with Gasteiger partial charge in [-0.15, -0.1) is 0 Å². The Hall–Kier alpha value is -2.67. The molecule has 0 radical (unpaired) electrons. The third kappa shape index (κ3) is 4.12. The van der Waals surface area contributed by atoms with Crippen molar-refractivity contribution >= 4 is 26.5 Å². The first-order chi connectivity index (χ1) is 14.2. The van der Waals surface area contributed by atoms with Crippen LogP contribution in [0.4, 0.5) is 0 Å². The van der Waals surface area contributed by atoms with Gasteiger partial charge >= 0.3 is 0 Å². The summed E-state index contributed by atoms with van der Waals surface area (Å²) in [6.45, 7) is 4.34. The molecule has 30 heavy (non-hydrogen) atoms. The van der Waals surface area contributed by atoms with E-state index in [9.17, 15) is 13.2 Å². The molecule has 158 valence electrons. The quantitative estimate of drug-likeness (QED) is 0.629. The monoisotopic (exact) mass is 425 g/mol. The number of likely N-dealkylation sites (N-methyl/N-ethyl adjacent to an activating group) is 1. The summed E-state index contributed by atoms with van der Waals surface area (Å²) in [7, 11) is -1.17. The molecule has 3 aromatic rings. The molecular formula is C23H27N3O3S. The van der Waals surface area contributed by atoms with Gasteiger partial charge in [0, 0.05) is 24.8 Å². The minimum atomic E-state index is -2.98. The number of nitrogens with zero attached hydrogens (tertiary/aromatic N) is 3. The topological polar surface area (TPSA) is 72.3 Å². The molecule has 2 aromatic carbocycles. The highest BCUT2D eigenvalue weighted by Crippen LogP contribution is 2.27. The van der Waals surface area contributed by atoms with E-state index in [1.54, 1.807) is 11.9 Å². The van der Waals surface area contributed by atoms with Gasteiger partial charge in [0.05, 0.1) is 29.7 Å². The van der Waals surface area contributed by atoms with E-state index in [0.29, 0.717) is 19.4 Å². The molecule has 6 nitrogen and oxygen atoms in total. The average molecular weight is 426 g/mol. The summed E-state index contributed by atoms with van der Waals surface area (Å²) in [5, 5.41) is 6.89. The van der Waals surface area contributed by atoms with E-state index < -0.39 is 9.84 Å². The van der Waals surface area contributed by atoms with Crippen LogP contribution in [0, 0.1) is 13.8 Å². The van der Waals surface area contributed by atoms with E-state index in [0.717, 1.165) is 33.3 Å². The molecular weight excluding hydrogens is 398 g/mol. The maximum atomic E-state index is 12.8. The minimum Gasteiger partial charge on any atom is -0.341 e. The molecule has 1 amide bonds. The molecule has 1 aliphatic rings. The Balaban J connectivity index is 1.47. The first-order valence-corrected chi connectivity index (χ1v) is 12.0. The Morgan fingerprint density at radius 1 is 1.17 bits per heavy atom. The largest absolute Gasteiger partial charge is 0.341 e. The second-order valence-corrected chi connectivity index (χ2v) is 10.5. The number of hydrogen-bond acceptors (Lipinski definition) is 4. The van der Waals surface area contributed by atoms with Gasteiger partial charge in [-0.1, -0.05) is 42.5 Å². The van der Waals surface area contributed by atoms with Crippen molar-refractivity contribution in [1.82, 2.24) is 14.7 Å². The van der Waals surface area contributed by atoms with Crippen LogP contribution in [0.1, 0.15) is 35.0 Å². The van der Waals surface area contributed by atoms with E-state index in [2.05, 4.69) is 23.3 Å². The number of aromatic nitrogens is 2. The lowest BCUT2D eigenvalue weighted by atomic mass is 10.0. The lowest BCUT2D eigenvalue weighted by Crippen LogP contribution is -2.28. The number of aryl methyl sites for hydroxylation is 1. The zero-order valence-corrected chi connectivity index (χ0v) is 18.4. The maximum Gasteiger partial charge on any atom is 0.227 e. The smallest absolute Gasteiger partial charge is 0.227 e. The molecule has 4 rings (SSSR count). The van der Waals surface area contributed by atoms with Crippen LogP contribution in [0.5, 0.6) is 0 Å². The summed E-state index contributed by atoms with van der Waals surface area (Å²) in [5.41, 5.74) is 3.78. The minimum absolute atomic E-state index is 0.0419. The van der Waals surface area contributed by atoms with Crippen molar-refractivity contribution < 1.29 is 13.2 Å². The highest BCUT2D eigenvalue weighted by Gasteiger charge is 2.31. The lowest BCUT2D eigenvalue weighted by Gasteiger charge is -2.18. The first-order valence-electron chi connectivity index (χ1n) is 10.2. The maximum absolute atomic E-state index is 12.8. The summed E-state index contributed by atoms with van der Waals surface area (Å²) in [6.07, 6.45) is 0.939. The van der Waals surface area contributed by atoms with Crippen LogP contribution in [0.2, 0.25) is 0 Å². The van der Waals surface area contributed by atoms with Crippen LogP contribution in [-0.2, 0) is 27.6 Å². The fourth-order valence-electron chi connectivity index (χ4n) is 4.23. The fourth-order valence-corrected chi connectivity index (χ4v) is 5.93. The van der Waals surface area contributed by atoms with Gasteiger partial charge in [0.15, 0.2) is 9.84 Å². The van der Waals surface area contributed by atoms with Crippen molar-refractivity contribution in [2.75, 3.05) is 18.6 Å². The molecule has 0 spiro atoms. The van der Waals surface area contributed by atoms with Crippen LogP contribution in [-0.4, -0.2) is 47.6 Å². The van der Waals surface area contributed by atoms with Crippen molar-refractivity contribution in [3.63, 3.8) is 0 Å². The summed E-state index contributed by atoms with van der Waals surface area (Å²) >= 11 is 0. The summed E-state index contributed by atoms with van der Waals surface area (Å²) in [4.78, 5) is 14.6. The van der Waals surface area contributed by atoms with E-state index in [1.165, 1.54) is 0 Å². The van der Waals surface area contributed by atoms with E-state index >= 15 is 0 Å². The number of benzene rings is 2. The Morgan fingerprint density at radius 2 is 1.90 bits per heavy atom. The van der Waals surface area contributed by atoms with Crippen molar-refractivity contribution in [3.05, 3.63) is 65.0 Å². The van der Waals surface area contributed by atoms with Gasteiger partial charge in [-0.05, 0) is 36.6 Å². The second kappa shape index (κ2) is 7.87. The van der Waals surface area contributed by atoms with Gasteiger partial charge in [0.2, 0.25) is 5.91 Å². The van der Waals surface area contributed by atoms with Gasteiger partial charge in [-0.2, -0.15) is 5.10 Å². The van der Waals surface area contributed by atoms with E-state index in [1.807, 2.05) is 42.8 Å². The Morgan fingerprint density at radius 3 is 2.60 bits per heavy atom. The number of carbonyl (C=O) groups excluding carboxylic acids is 1. The zero-order chi connectivity index (χ0) is 21.5. The number of amides is 1. The average Bonchev–Trinajstić information content (AvgIpc) is 3.21. The SMILES string of the molecule is Cc1nn([C@@H]2CCS(=O)(=O)C2)c(C)c1CN(C)C(=O)Cc1ccc2ccccc2c1. The Kier molecular flexibility index (Phi) is 5.40. The normalized spacial score (nSPS) is 18.0. The summed E-state index contributed by atoms with van der Waals surface area (Å²) in [6, 6.07) is 14.1. The molecule has 0 aliphatic carbocycles. The predicted molar refractivity (Wildman–Crippen MR) is 118 cm³/mol. The molecule has 0 bridgehead atoms. The molecule has 1 aliphatic heterocycles. The lowest BCUT2D eigenvalue weighted by molar-refractivity contribution is -0.129. The third-order valence-electron chi connectivity index (χ3n) is 6.02. The van der Waals surface area contributed by atoms with Crippen molar-refractivity contribution in [1.29, 1.82) is 0 Å². The standard InChI is InChI=1S/C23H27N3O3S/c1-16-22(17(2)26(24-16)21-10-11-30(28,29)15-21)14-25(3)23(27)13-18-8-9-19-6-4-5-7-20(19)12-18/h4-9,12,21H,10-11,13-15H2,1-3H3/t21-/m1/s1. The Bertz CT molecular complexity index is 1210. The molecule has 0 N–H and O–H groups in total. The van der Waals surface area contributed by atoms with Crippen LogP contribution in [0.3, 0.4) is 0 Å². The van der Waals surface area contributed by atoms with Crippen molar-refractivity contribution in [2.24, 2.45) is 0 Å². The molecule has 0 unspecified atom stereocenters. The van der Waals surface area contributed by atoms with Gasteiger partial charge in [-0.3, -0.25) is 9.48 Å². The highest BCUT2D eigenvalue weighted by atomic mass is 32.2. The van der Waals surface area contributed by atoms with Gasteiger partial charge < -0.3 is 4.90 Å². The molecule has 1 atom stereocenters. The number of rotatable bonds is 5. The van der Waals surface area contributed by atoms with E-state index in [4.69, 9.17) is 0 Å². The summed E-state index contributed by atoms with van der Waals surface area (Å²) < 4.78 is 25.5. The molecule has 7 heteroatoms. The summed E-state index contributed by atoms with van der Waals surface area (Å²) in [5.74, 6) is 0.404. The molecule has 1 aromatic heterocycles. The fraction of sp³-hybridized carbons (Fsp3) is 0.391. The predicted octanol–water partition coefficient (Wildman–Crippen LogP) is 3.21.